The van der Waals surface area contributed by atoms with Crippen molar-refractivity contribution >= 4 is 11.9 Å². The zero-order valence-electron chi connectivity index (χ0n) is 14.7. The van der Waals surface area contributed by atoms with E-state index in [1.807, 2.05) is 9.80 Å². The number of hydrogen-bond donors (Lipinski definition) is 1. The molecule has 0 aromatic heterocycles. The molecule has 3 fully saturated rings. The van der Waals surface area contributed by atoms with Crippen molar-refractivity contribution in [3.8, 4) is 0 Å². The van der Waals surface area contributed by atoms with Crippen LogP contribution in [-0.4, -0.2) is 80.9 Å². The second-order valence-electron chi connectivity index (χ2n) is 7.18. The Kier molecular flexibility index (Phi) is 5.61. The van der Waals surface area contributed by atoms with Crippen LogP contribution in [0.5, 0.6) is 0 Å². The molecule has 1 saturated carbocycles. The summed E-state index contributed by atoms with van der Waals surface area (Å²) in [6, 6.07) is 0.308. The lowest BCUT2D eigenvalue weighted by molar-refractivity contribution is -0.129. The molecule has 3 aliphatic rings. The van der Waals surface area contributed by atoms with E-state index in [1.54, 1.807) is 7.11 Å². The Hall–Kier alpha value is -1.34. The van der Waals surface area contributed by atoms with Crippen LogP contribution in [0.4, 0.5) is 4.79 Å². The fourth-order valence-electron chi connectivity index (χ4n) is 4.50. The van der Waals surface area contributed by atoms with Crippen molar-refractivity contribution in [1.29, 1.82) is 0 Å². The first-order valence-corrected chi connectivity index (χ1v) is 9.00. The van der Waals surface area contributed by atoms with E-state index >= 15 is 0 Å². The van der Waals surface area contributed by atoms with Gasteiger partial charge < -0.3 is 24.6 Å². The number of carbonyl (C=O) groups excluding carboxylic acids is 2. The molecule has 3 rings (SSSR count). The van der Waals surface area contributed by atoms with Gasteiger partial charge in [-0.25, -0.2) is 4.79 Å². The highest BCUT2D eigenvalue weighted by molar-refractivity contribution is 5.79. The van der Waals surface area contributed by atoms with Crippen LogP contribution in [0.1, 0.15) is 19.8 Å². The lowest BCUT2D eigenvalue weighted by Gasteiger charge is -2.28. The van der Waals surface area contributed by atoms with Crippen molar-refractivity contribution in [1.82, 2.24) is 15.1 Å². The van der Waals surface area contributed by atoms with E-state index in [9.17, 15) is 9.59 Å². The van der Waals surface area contributed by atoms with Gasteiger partial charge in [-0.1, -0.05) is 6.92 Å². The molecule has 4 atom stereocenters. The van der Waals surface area contributed by atoms with Gasteiger partial charge in [0.25, 0.3) is 0 Å². The van der Waals surface area contributed by atoms with Gasteiger partial charge in [0.2, 0.25) is 5.91 Å². The topological polar surface area (TPSA) is 71.1 Å². The van der Waals surface area contributed by atoms with E-state index in [2.05, 4.69) is 12.2 Å². The number of hydrogen-bond acceptors (Lipinski definition) is 4. The molecule has 0 spiro atoms. The molecule has 136 valence electrons. The molecule has 2 saturated heterocycles. The van der Waals surface area contributed by atoms with Crippen LogP contribution in [0.2, 0.25) is 0 Å². The molecular formula is C17H29N3O4. The molecule has 7 heteroatoms. The fraction of sp³-hybridized carbons (Fsp3) is 0.882. The summed E-state index contributed by atoms with van der Waals surface area (Å²) in [6.07, 6.45) is 1.63. The molecule has 2 aliphatic heterocycles. The first-order valence-electron chi connectivity index (χ1n) is 9.00. The Labute approximate surface area is 143 Å². The van der Waals surface area contributed by atoms with Crippen LogP contribution in [-0.2, 0) is 14.3 Å². The minimum absolute atomic E-state index is 0.00508. The summed E-state index contributed by atoms with van der Waals surface area (Å²) in [7, 11) is 1.67. The van der Waals surface area contributed by atoms with Gasteiger partial charge in [-0.2, -0.15) is 0 Å². The van der Waals surface area contributed by atoms with Crippen molar-refractivity contribution in [3.05, 3.63) is 0 Å². The molecule has 0 unspecified atom stereocenters. The molecule has 24 heavy (non-hydrogen) atoms. The van der Waals surface area contributed by atoms with Crippen molar-refractivity contribution in [2.75, 3.05) is 53.1 Å². The number of likely N-dealkylation sites (tertiary alicyclic amines) is 1. The van der Waals surface area contributed by atoms with Gasteiger partial charge in [0.15, 0.2) is 0 Å². The van der Waals surface area contributed by atoms with Crippen LogP contribution < -0.4 is 5.32 Å². The molecule has 0 aromatic rings. The minimum atomic E-state index is -0.00508. The van der Waals surface area contributed by atoms with Gasteiger partial charge in [0.1, 0.15) is 0 Å². The first kappa shape index (κ1) is 17.5. The number of nitrogens with one attached hydrogen (secondary N) is 1. The van der Waals surface area contributed by atoms with E-state index in [0.717, 1.165) is 6.42 Å². The Morgan fingerprint density at radius 2 is 2.12 bits per heavy atom. The van der Waals surface area contributed by atoms with Crippen LogP contribution >= 0.6 is 0 Å². The number of amides is 3. The third kappa shape index (κ3) is 3.52. The molecular weight excluding hydrogens is 310 g/mol. The van der Waals surface area contributed by atoms with E-state index in [0.29, 0.717) is 76.2 Å². The summed E-state index contributed by atoms with van der Waals surface area (Å²) >= 11 is 0. The molecule has 0 bridgehead atoms. The van der Waals surface area contributed by atoms with Gasteiger partial charge in [-0.15, -0.1) is 0 Å². The Morgan fingerprint density at radius 1 is 1.38 bits per heavy atom. The minimum Gasteiger partial charge on any atom is -0.383 e. The number of methoxy groups -OCH3 is 1. The average Bonchev–Trinajstić information content (AvgIpc) is 3.05. The smallest absolute Gasteiger partial charge is 0.317 e. The third-order valence-electron chi connectivity index (χ3n) is 5.84. The number of fused-ring (bicyclic) bond motifs is 1. The highest BCUT2D eigenvalue weighted by atomic mass is 16.5. The second-order valence-corrected chi connectivity index (χ2v) is 7.18. The lowest BCUT2D eigenvalue weighted by atomic mass is 9.88. The van der Waals surface area contributed by atoms with Gasteiger partial charge in [-0.3, -0.25) is 4.79 Å². The number of carbonyl (C=O) groups is 2. The summed E-state index contributed by atoms with van der Waals surface area (Å²) < 4.78 is 10.4. The zero-order chi connectivity index (χ0) is 17.1. The van der Waals surface area contributed by atoms with Crippen molar-refractivity contribution in [2.24, 2.45) is 17.8 Å². The predicted octanol–water partition coefficient (Wildman–Crippen LogP) is 0.548. The number of rotatable bonds is 5. The normalized spacial score (nSPS) is 33.0. The monoisotopic (exact) mass is 339 g/mol. The number of ether oxygens (including phenoxy) is 2. The van der Waals surface area contributed by atoms with Crippen LogP contribution in [0.25, 0.3) is 0 Å². The van der Waals surface area contributed by atoms with Crippen LogP contribution in [0, 0.1) is 17.8 Å². The maximum Gasteiger partial charge on any atom is 0.317 e. The van der Waals surface area contributed by atoms with Crippen molar-refractivity contribution in [2.45, 2.75) is 25.8 Å². The lowest BCUT2D eigenvalue weighted by Crippen LogP contribution is -2.47. The molecule has 3 amide bonds. The summed E-state index contributed by atoms with van der Waals surface area (Å²) in [5, 5.41) is 3.09. The third-order valence-corrected chi connectivity index (χ3v) is 5.84. The Bertz CT molecular complexity index is 467. The highest BCUT2D eigenvalue weighted by Gasteiger charge is 2.50. The van der Waals surface area contributed by atoms with E-state index in [-0.39, 0.29) is 11.9 Å². The van der Waals surface area contributed by atoms with Crippen LogP contribution in [0.3, 0.4) is 0 Å². The van der Waals surface area contributed by atoms with Gasteiger partial charge >= 0.3 is 6.03 Å². The number of urea groups is 1. The quantitative estimate of drug-likeness (QED) is 0.794. The van der Waals surface area contributed by atoms with E-state index < -0.39 is 0 Å². The zero-order valence-corrected chi connectivity index (χ0v) is 14.7. The number of morpholine rings is 1. The first-order chi connectivity index (χ1) is 11.6. The molecule has 1 aliphatic carbocycles. The molecule has 2 heterocycles. The van der Waals surface area contributed by atoms with Gasteiger partial charge in [0, 0.05) is 45.8 Å². The summed E-state index contributed by atoms with van der Waals surface area (Å²) in [6.45, 7) is 6.69. The standard InChI is InChI=1S/C17H29N3O4/c1-12-9-15-13(10-16(21)20(15)5-6-23-2)14(12)11-18-17(22)19-3-7-24-8-4-19/h12-15H,3-11H2,1-2H3,(H,18,22)/t12-,13-,14+,15+/m0/s1. The predicted molar refractivity (Wildman–Crippen MR) is 88.5 cm³/mol. The van der Waals surface area contributed by atoms with Crippen molar-refractivity contribution in [3.63, 3.8) is 0 Å². The van der Waals surface area contributed by atoms with Crippen LogP contribution in [0.15, 0.2) is 0 Å². The Morgan fingerprint density at radius 3 is 2.83 bits per heavy atom. The molecule has 1 N–H and O–H groups in total. The Balaban J connectivity index is 1.54. The SMILES string of the molecule is COCCN1C(=O)C[C@H]2[C@H](CNC(=O)N3CCOCC3)[C@@H](C)C[C@H]21. The highest BCUT2D eigenvalue weighted by Crippen LogP contribution is 2.45. The summed E-state index contributed by atoms with van der Waals surface area (Å²) in [5.41, 5.74) is 0. The van der Waals surface area contributed by atoms with Crippen molar-refractivity contribution < 1.29 is 19.1 Å². The van der Waals surface area contributed by atoms with Gasteiger partial charge in [-0.05, 0) is 24.2 Å². The summed E-state index contributed by atoms with van der Waals surface area (Å²) in [4.78, 5) is 28.4. The second kappa shape index (κ2) is 7.70. The van der Waals surface area contributed by atoms with E-state index in [1.165, 1.54) is 0 Å². The molecule has 7 nitrogen and oxygen atoms in total. The maximum atomic E-state index is 12.3. The average molecular weight is 339 g/mol. The fourth-order valence-corrected chi connectivity index (χ4v) is 4.50. The molecule has 0 aromatic carbocycles. The van der Waals surface area contributed by atoms with E-state index in [4.69, 9.17) is 9.47 Å². The molecule has 0 radical (unpaired) electrons. The summed E-state index contributed by atoms with van der Waals surface area (Å²) in [5.74, 6) is 1.48. The number of nitrogens with zero attached hydrogens (tertiary/aromatic N) is 2. The largest absolute Gasteiger partial charge is 0.383 e. The van der Waals surface area contributed by atoms with Gasteiger partial charge in [0.05, 0.1) is 19.8 Å². The maximum absolute atomic E-state index is 12.3.